The Morgan fingerprint density at radius 3 is 2.29 bits per heavy atom. The molecule has 126 valence electrons. The van der Waals surface area contributed by atoms with Crippen LogP contribution in [-0.2, 0) is 4.79 Å². The van der Waals surface area contributed by atoms with Crippen LogP contribution < -0.4 is 10.1 Å². The Morgan fingerprint density at radius 1 is 1.08 bits per heavy atom. The van der Waals surface area contributed by atoms with Crippen molar-refractivity contribution in [2.24, 2.45) is 0 Å². The van der Waals surface area contributed by atoms with Gasteiger partial charge in [-0.05, 0) is 35.9 Å². The van der Waals surface area contributed by atoms with Crippen LogP contribution in [0.2, 0.25) is 0 Å². The van der Waals surface area contributed by atoms with Crippen LogP contribution in [0.5, 0.6) is 5.75 Å². The third-order valence-electron chi connectivity index (χ3n) is 2.86. The molecule has 0 aliphatic carbocycles. The second-order valence-corrected chi connectivity index (χ2v) is 8.03. The van der Waals surface area contributed by atoms with Crippen LogP contribution in [0.15, 0.2) is 65.1 Å². The zero-order valence-corrected chi connectivity index (χ0v) is 16.1. The minimum atomic E-state index is -1.83. The molecule has 0 heterocycles. The van der Waals surface area contributed by atoms with Gasteiger partial charge in [-0.25, -0.2) is 0 Å². The predicted octanol–water partition coefficient (Wildman–Crippen LogP) is 5.35. The fraction of sp³-hybridized carbons (Fsp3) is 0.118. The second kappa shape index (κ2) is 8.77. The molecular formula is C17H13BrCl3NO2. The van der Waals surface area contributed by atoms with Crippen molar-refractivity contribution >= 4 is 62.7 Å². The molecule has 0 aliphatic heterocycles. The first-order valence-electron chi connectivity index (χ1n) is 6.87. The lowest BCUT2D eigenvalue weighted by Gasteiger charge is -2.25. The van der Waals surface area contributed by atoms with Gasteiger partial charge in [-0.15, -0.1) is 0 Å². The number of rotatable bonds is 5. The molecule has 0 aliphatic rings. The van der Waals surface area contributed by atoms with Gasteiger partial charge in [0.05, 0.1) is 0 Å². The number of carbonyl (C=O) groups is 1. The lowest BCUT2D eigenvalue weighted by Crippen LogP contribution is -2.47. The summed E-state index contributed by atoms with van der Waals surface area (Å²) in [6, 6.07) is 16.3. The van der Waals surface area contributed by atoms with E-state index < -0.39 is 15.9 Å². The first-order valence-corrected chi connectivity index (χ1v) is 8.80. The average molecular weight is 450 g/mol. The number of carbonyl (C=O) groups excluding carboxylic acids is 1. The molecule has 3 nitrogen and oxygen atoms in total. The molecule has 7 heteroatoms. The third-order valence-corrected chi connectivity index (χ3v) is 3.99. The normalized spacial score (nSPS) is 12.8. The average Bonchev–Trinajstić information content (AvgIpc) is 2.54. The standard InChI is InChI=1S/C17H13BrCl3NO2/c18-13-7-9-14(10-8-13)24-16(17(19,20)21)22-15(23)11-6-12-4-2-1-3-5-12/h1-11,16H,(H,22,23)/b11-6+/t16-/m1/s1. The summed E-state index contributed by atoms with van der Waals surface area (Å²) in [7, 11) is 0. The van der Waals surface area contributed by atoms with Gasteiger partial charge in [0.2, 0.25) is 15.9 Å². The summed E-state index contributed by atoms with van der Waals surface area (Å²) in [6.07, 6.45) is 1.87. The molecular weight excluding hydrogens is 436 g/mol. The van der Waals surface area contributed by atoms with E-state index in [4.69, 9.17) is 39.5 Å². The van der Waals surface area contributed by atoms with Gasteiger partial charge in [0.15, 0.2) is 0 Å². The highest BCUT2D eigenvalue weighted by atomic mass is 79.9. The van der Waals surface area contributed by atoms with Crippen LogP contribution in [0, 0.1) is 0 Å². The molecule has 1 amide bonds. The molecule has 2 rings (SSSR count). The van der Waals surface area contributed by atoms with Gasteiger partial charge < -0.3 is 10.1 Å². The summed E-state index contributed by atoms with van der Waals surface area (Å²) in [6.45, 7) is 0. The van der Waals surface area contributed by atoms with Crippen molar-refractivity contribution in [3.8, 4) is 5.75 Å². The first-order chi connectivity index (χ1) is 11.3. The van der Waals surface area contributed by atoms with Crippen LogP contribution in [-0.4, -0.2) is 15.9 Å². The first kappa shape index (κ1) is 19.1. The maximum atomic E-state index is 12.1. The molecule has 1 N–H and O–H groups in total. The number of nitrogens with one attached hydrogen (secondary N) is 1. The van der Waals surface area contributed by atoms with Crippen molar-refractivity contribution in [2.45, 2.75) is 10.0 Å². The van der Waals surface area contributed by atoms with Gasteiger partial charge in [0, 0.05) is 10.5 Å². The number of hydrogen-bond acceptors (Lipinski definition) is 2. The maximum absolute atomic E-state index is 12.1. The molecule has 0 saturated heterocycles. The molecule has 0 fully saturated rings. The van der Waals surface area contributed by atoms with E-state index in [1.807, 2.05) is 30.3 Å². The maximum Gasteiger partial charge on any atom is 0.246 e. The number of benzene rings is 2. The van der Waals surface area contributed by atoms with Crippen LogP contribution in [0.3, 0.4) is 0 Å². The molecule has 0 saturated carbocycles. The molecule has 0 bridgehead atoms. The number of hydrogen-bond donors (Lipinski definition) is 1. The van der Waals surface area contributed by atoms with Gasteiger partial charge in [-0.3, -0.25) is 4.79 Å². The summed E-state index contributed by atoms with van der Waals surface area (Å²) in [4.78, 5) is 12.1. The van der Waals surface area contributed by atoms with E-state index in [0.717, 1.165) is 10.0 Å². The van der Waals surface area contributed by atoms with Crippen LogP contribution in [0.4, 0.5) is 0 Å². The quantitative estimate of drug-likeness (QED) is 0.379. The number of halogens is 4. The van der Waals surface area contributed by atoms with Crippen molar-refractivity contribution in [1.29, 1.82) is 0 Å². The molecule has 2 aromatic carbocycles. The molecule has 2 aromatic rings. The largest absolute Gasteiger partial charge is 0.466 e. The van der Waals surface area contributed by atoms with Gasteiger partial charge in [0.1, 0.15) is 5.75 Å². The zero-order valence-electron chi connectivity index (χ0n) is 12.3. The van der Waals surface area contributed by atoms with Crippen molar-refractivity contribution < 1.29 is 9.53 Å². The topological polar surface area (TPSA) is 38.3 Å². The molecule has 24 heavy (non-hydrogen) atoms. The highest BCUT2D eigenvalue weighted by Gasteiger charge is 2.35. The summed E-state index contributed by atoms with van der Waals surface area (Å²) >= 11 is 21.0. The van der Waals surface area contributed by atoms with Crippen molar-refractivity contribution in [3.05, 3.63) is 70.7 Å². The Kier molecular flexibility index (Phi) is 6.99. The van der Waals surface area contributed by atoms with E-state index in [9.17, 15) is 4.79 Å². The number of ether oxygens (including phenoxy) is 1. The summed E-state index contributed by atoms with van der Waals surface area (Å²) in [5.74, 6) is 0.0224. The smallest absolute Gasteiger partial charge is 0.246 e. The lowest BCUT2D eigenvalue weighted by molar-refractivity contribution is -0.118. The van der Waals surface area contributed by atoms with E-state index in [0.29, 0.717) is 5.75 Å². The summed E-state index contributed by atoms with van der Waals surface area (Å²) in [5.41, 5.74) is 0.881. The Labute approximate surface area is 163 Å². The van der Waals surface area contributed by atoms with Gasteiger partial charge >= 0.3 is 0 Å². The van der Waals surface area contributed by atoms with Gasteiger partial charge in [-0.1, -0.05) is 81.1 Å². The zero-order chi connectivity index (χ0) is 17.6. The lowest BCUT2D eigenvalue weighted by atomic mass is 10.2. The molecule has 0 aromatic heterocycles. The SMILES string of the molecule is O=C(/C=C/c1ccccc1)N[C@H](Oc1ccc(Br)cc1)C(Cl)(Cl)Cl. The molecule has 0 spiro atoms. The van der Waals surface area contributed by atoms with Crippen LogP contribution in [0.25, 0.3) is 6.08 Å². The fourth-order valence-corrected chi connectivity index (χ4v) is 2.30. The van der Waals surface area contributed by atoms with E-state index in [2.05, 4.69) is 21.2 Å². The van der Waals surface area contributed by atoms with Crippen molar-refractivity contribution in [2.75, 3.05) is 0 Å². The molecule has 0 radical (unpaired) electrons. The third kappa shape index (κ3) is 6.36. The minimum absolute atomic E-state index is 0.438. The van der Waals surface area contributed by atoms with E-state index in [1.165, 1.54) is 6.08 Å². The van der Waals surface area contributed by atoms with Crippen LogP contribution >= 0.6 is 50.7 Å². The Morgan fingerprint density at radius 2 is 1.71 bits per heavy atom. The fourth-order valence-electron chi connectivity index (χ4n) is 1.74. The van der Waals surface area contributed by atoms with E-state index in [1.54, 1.807) is 30.3 Å². The highest BCUT2D eigenvalue weighted by molar-refractivity contribution is 9.10. The van der Waals surface area contributed by atoms with Gasteiger partial charge in [-0.2, -0.15) is 0 Å². The van der Waals surface area contributed by atoms with Crippen LogP contribution in [0.1, 0.15) is 5.56 Å². The van der Waals surface area contributed by atoms with E-state index >= 15 is 0 Å². The highest BCUT2D eigenvalue weighted by Crippen LogP contribution is 2.32. The Bertz CT molecular complexity index is 700. The predicted molar refractivity (Wildman–Crippen MR) is 102 cm³/mol. The second-order valence-electron chi connectivity index (χ2n) is 4.75. The van der Waals surface area contributed by atoms with Crippen molar-refractivity contribution in [1.82, 2.24) is 5.32 Å². The van der Waals surface area contributed by atoms with Gasteiger partial charge in [0.25, 0.3) is 0 Å². The summed E-state index contributed by atoms with van der Waals surface area (Å²) < 4.78 is 4.63. The van der Waals surface area contributed by atoms with E-state index in [-0.39, 0.29) is 0 Å². The summed E-state index contributed by atoms with van der Waals surface area (Å²) in [5, 5.41) is 2.53. The monoisotopic (exact) mass is 447 g/mol. The molecule has 0 unspecified atom stereocenters. The number of alkyl halides is 3. The van der Waals surface area contributed by atoms with Crippen molar-refractivity contribution in [3.63, 3.8) is 0 Å². The number of amides is 1. The minimum Gasteiger partial charge on any atom is -0.466 e. The molecule has 1 atom stereocenters. The Hall–Kier alpha value is -1.20. The Balaban J connectivity index is 2.04.